The number of aliphatic hydroxyl groups is 1. The van der Waals surface area contributed by atoms with Crippen LogP contribution in [0.5, 0.6) is 0 Å². The van der Waals surface area contributed by atoms with E-state index in [1.807, 2.05) is 0 Å². The van der Waals surface area contributed by atoms with Crippen molar-refractivity contribution in [3.8, 4) is 0 Å². The number of carbonyl (C=O) groups is 2. The van der Waals surface area contributed by atoms with E-state index in [2.05, 4.69) is 6.92 Å². The molecule has 6 nitrogen and oxygen atoms in total. The van der Waals surface area contributed by atoms with E-state index in [0.29, 0.717) is 6.42 Å². The first-order valence-corrected chi connectivity index (χ1v) is 8.32. The van der Waals surface area contributed by atoms with Gasteiger partial charge in [0, 0.05) is 6.54 Å². The minimum Gasteiger partial charge on any atom is -0.480 e. The zero-order chi connectivity index (χ0) is 16.8. The van der Waals surface area contributed by atoms with Gasteiger partial charge in [0.25, 0.3) is 0 Å². The van der Waals surface area contributed by atoms with Crippen LogP contribution in [0.15, 0.2) is 0 Å². The highest BCUT2D eigenvalue weighted by Gasteiger charge is 2.26. The first-order valence-electron chi connectivity index (χ1n) is 8.32. The van der Waals surface area contributed by atoms with Crippen LogP contribution in [0.1, 0.15) is 64.7 Å². The van der Waals surface area contributed by atoms with Crippen LogP contribution in [0.3, 0.4) is 0 Å². The second-order valence-electron chi connectivity index (χ2n) is 5.71. The SMILES string of the molecule is CCCCCCCCCCC(C(=O)O)N(CCO)CC(=O)O. The van der Waals surface area contributed by atoms with Gasteiger partial charge in [0.05, 0.1) is 13.2 Å². The number of carboxylic acid groups (broad SMARTS) is 2. The lowest BCUT2D eigenvalue weighted by Crippen LogP contribution is -2.45. The molecule has 1 unspecified atom stereocenters. The number of hydrogen-bond acceptors (Lipinski definition) is 4. The van der Waals surface area contributed by atoms with Gasteiger partial charge in [-0.2, -0.15) is 0 Å². The maximum Gasteiger partial charge on any atom is 0.320 e. The predicted molar refractivity (Wildman–Crippen MR) is 84.9 cm³/mol. The van der Waals surface area contributed by atoms with Gasteiger partial charge in [-0.1, -0.05) is 58.3 Å². The first-order chi connectivity index (χ1) is 10.5. The van der Waals surface area contributed by atoms with Gasteiger partial charge in [-0.3, -0.25) is 14.5 Å². The van der Waals surface area contributed by atoms with E-state index in [1.54, 1.807) is 0 Å². The molecule has 0 aliphatic rings. The number of hydrogen-bond donors (Lipinski definition) is 3. The fourth-order valence-corrected chi connectivity index (χ4v) is 2.58. The Morgan fingerprint density at radius 2 is 1.50 bits per heavy atom. The molecule has 0 radical (unpaired) electrons. The fourth-order valence-electron chi connectivity index (χ4n) is 2.58. The lowest BCUT2D eigenvalue weighted by molar-refractivity contribution is -0.146. The summed E-state index contributed by atoms with van der Waals surface area (Å²) >= 11 is 0. The number of carboxylic acids is 2. The van der Waals surface area contributed by atoms with E-state index in [-0.39, 0.29) is 19.7 Å². The van der Waals surface area contributed by atoms with Gasteiger partial charge in [-0.05, 0) is 6.42 Å². The van der Waals surface area contributed by atoms with E-state index in [0.717, 1.165) is 19.3 Å². The summed E-state index contributed by atoms with van der Waals surface area (Å²) in [6, 6.07) is -0.830. The van der Waals surface area contributed by atoms with Crippen molar-refractivity contribution >= 4 is 11.9 Å². The highest BCUT2D eigenvalue weighted by Crippen LogP contribution is 2.13. The van der Waals surface area contributed by atoms with Crippen molar-refractivity contribution in [3.63, 3.8) is 0 Å². The van der Waals surface area contributed by atoms with Crippen molar-refractivity contribution < 1.29 is 24.9 Å². The van der Waals surface area contributed by atoms with Crippen molar-refractivity contribution in [3.05, 3.63) is 0 Å². The van der Waals surface area contributed by atoms with Crippen LogP contribution in [-0.2, 0) is 9.59 Å². The Morgan fingerprint density at radius 3 is 1.95 bits per heavy atom. The van der Waals surface area contributed by atoms with Crippen LogP contribution in [0, 0.1) is 0 Å². The summed E-state index contributed by atoms with van der Waals surface area (Å²) in [7, 11) is 0. The summed E-state index contributed by atoms with van der Waals surface area (Å²) < 4.78 is 0. The van der Waals surface area contributed by atoms with Gasteiger partial charge < -0.3 is 15.3 Å². The molecule has 6 heteroatoms. The maximum atomic E-state index is 11.3. The number of rotatable bonds is 15. The number of aliphatic hydroxyl groups excluding tert-OH is 1. The van der Waals surface area contributed by atoms with Crippen LogP contribution in [0.2, 0.25) is 0 Å². The lowest BCUT2D eigenvalue weighted by Gasteiger charge is -2.26. The van der Waals surface area contributed by atoms with Crippen molar-refractivity contribution in [1.82, 2.24) is 4.90 Å². The second-order valence-corrected chi connectivity index (χ2v) is 5.71. The third kappa shape index (κ3) is 10.6. The van der Waals surface area contributed by atoms with Crippen LogP contribution in [0.4, 0.5) is 0 Å². The van der Waals surface area contributed by atoms with E-state index >= 15 is 0 Å². The standard InChI is InChI=1S/C16H31NO5/c1-2-3-4-5-6-7-8-9-10-14(16(21)22)17(11-12-18)13-15(19)20/h14,18H,2-13H2,1H3,(H,19,20)(H,21,22). The quantitative estimate of drug-likeness (QED) is 0.401. The highest BCUT2D eigenvalue weighted by atomic mass is 16.4. The average molecular weight is 317 g/mol. The monoisotopic (exact) mass is 317 g/mol. The van der Waals surface area contributed by atoms with Crippen LogP contribution in [0.25, 0.3) is 0 Å². The molecule has 0 aromatic carbocycles. The third-order valence-electron chi connectivity index (χ3n) is 3.78. The molecule has 0 aliphatic carbocycles. The normalized spacial score (nSPS) is 12.5. The van der Waals surface area contributed by atoms with Gasteiger partial charge in [0.15, 0.2) is 0 Å². The summed E-state index contributed by atoms with van der Waals surface area (Å²) in [5.41, 5.74) is 0. The Kier molecular flexibility index (Phi) is 12.8. The van der Waals surface area contributed by atoms with E-state index in [4.69, 9.17) is 10.2 Å². The Balaban J connectivity index is 4.06. The first kappa shape index (κ1) is 20.9. The minimum atomic E-state index is -1.07. The van der Waals surface area contributed by atoms with Crippen LogP contribution in [-0.4, -0.2) is 57.9 Å². The molecule has 130 valence electrons. The van der Waals surface area contributed by atoms with Crippen molar-refractivity contribution in [2.24, 2.45) is 0 Å². The highest BCUT2D eigenvalue weighted by molar-refractivity contribution is 5.75. The summed E-state index contributed by atoms with van der Waals surface area (Å²) in [4.78, 5) is 23.4. The molecule has 0 spiro atoms. The predicted octanol–water partition coefficient (Wildman–Crippen LogP) is 2.35. The van der Waals surface area contributed by atoms with E-state index in [1.165, 1.54) is 37.0 Å². The van der Waals surface area contributed by atoms with Gasteiger partial charge in [-0.15, -0.1) is 0 Å². The maximum absolute atomic E-state index is 11.3. The molecule has 0 rings (SSSR count). The smallest absolute Gasteiger partial charge is 0.320 e. The molecule has 0 aromatic rings. The molecule has 0 amide bonds. The molecule has 0 aliphatic heterocycles. The lowest BCUT2D eigenvalue weighted by atomic mass is 10.0. The molecule has 0 heterocycles. The number of nitrogens with zero attached hydrogens (tertiary/aromatic N) is 1. The Hall–Kier alpha value is -1.14. The van der Waals surface area contributed by atoms with Gasteiger partial charge in [0.1, 0.15) is 6.04 Å². The van der Waals surface area contributed by atoms with Crippen LogP contribution >= 0.6 is 0 Å². The molecular weight excluding hydrogens is 286 g/mol. The molecule has 22 heavy (non-hydrogen) atoms. The molecule has 3 N–H and O–H groups in total. The third-order valence-corrected chi connectivity index (χ3v) is 3.78. The number of unbranched alkanes of at least 4 members (excludes halogenated alkanes) is 7. The van der Waals surface area contributed by atoms with Crippen molar-refractivity contribution in [1.29, 1.82) is 0 Å². The van der Waals surface area contributed by atoms with E-state index < -0.39 is 18.0 Å². The second kappa shape index (κ2) is 13.5. The molecule has 1 atom stereocenters. The van der Waals surface area contributed by atoms with Gasteiger partial charge >= 0.3 is 11.9 Å². The zero-order valence-corrected chi connectivity index (χ0v) is 13.7. The number of aliphatic carboxylic acids is 2. The Bertz CT molecular complexity index is 309. The zero-order valence-electron chi connectivity index (χ0n) is 13.7. The van der Waals surface area contributed by atoms with Gasteiger partial charge in [-0.25, -0.2) is 0 Å². The largest absolute Gasteiger partial charge is 0.480 e. The average Bonchev–Trinajstić information content (AvgIpc) is 2.44. The summed E-state index contributed by atoms with van der Waals surface area (Å²) in [5, 5.41) is 27.1. The summed E-state index contributed by atoms with van der Waals surface area (Å²) in [6.07, 6.45) is 9.42. The summed E-state index contributed by atoms with van der Waals surface area (Å²) in [5.74, 6) is -2.09. The van der Waals surface area contributed by atoms with E-state index in [9.17, 15) is 14.7 Å². The minimum absolute atomic E-state index is 0.0697. The Morgan fingerprint density at radius 1 is 0.955 bits per heavy atom. The summed E-state index contributed by atoms with van der Waals surface area (Å²) in [6.45, 7) is 1.66. The van der Waals surface area contributed by atoms with Gasteiger partial charge in [0.2, 0.25) is 0 Å². The molecule has 0 saturated carbocycles. The fraction of sp³-hybridized carbons (Fsp3) is 0.875. The Labute approximate surface area is 133 Å². The van der Waals surface area contributed by atoms with Crippen molar-refractivity contribution in [2.45, 2.75) is 70.8 Å². The topological polar surface area (TPSA) is 98.1 Å². The van der Waals surface area contributed by atoms with Crippen LogP contribution < -0.4 is 0 Å². The molecule has 0 aromatic heterocycles. The molecule has 0 bridgehead atoms. The van der Waals surface area contributed by atoms with Crippen molar-refractivity contribution in [2.75, 3.05) is 19.7 Å². The molecule has 0 saturated heterocycles. The molecule has 0 fully saturated rings. The molecular formula is C16H31NO5.